The first-order valence-electron chi connectivity index (χ1n) is 28.1. The quantitative estimate of drug-likeness (QED) is 0.0344. The van der Waals surface area contributed by atoms with Crippen molar-refractivity contribution in [1.29, 1.82) is 0 Å². The monoisotopic (exact) mass is 891 g/mol. The third kappa shape index (κ3) is 51.3. The molecule has 0 fully saturated rings. The van der Waals surface area contributed by atoms with Crippen LogP contribution in [0.4, 0.5) is 0 Å². The van der Waals surface area contributed by atoms with Crippen LogP contribution in [0.2, 0.25) is 0 Å². The van der Waals surface area contributed by atoms with Crippen molar-refractivity contribution in [3.8, 4) is 0 Å². The van der Waals surface area contributed by atoms with Crippen molar-refractivity contribution in [1.82, 2.24) is 0 Å². The van der Waals surface area contributed by atoms with Crippen molar-refractivity contribution in [2.45, 2.75) is 317 Å². The van der Waals surface area contributed by atoms with Gasteiger partial charge in [0.25, 0.3) is 0 Å². The summed E-state index contributed by atoms with van der Waals surface area (Å²) < 4.78 is 16.8. The Hall–Kier alpha value is -1.59. The first-order valence-corrected chi connectivity index (χ1v) is 28.1. The average molecular weight is 892 g/mol. The molecule has 0 N–H and O–H groups in total. The molecule has 0 aromatic carbocycles. The van der Waals surface area contributed by atoms with E-state index in [0.717, 1.165) is 75.5 Å². The molecule has 374 valence electrons. The molecule has 1 atom stereocenters. The summed E-state index contributed by atoms with van der Waals surface area (Å²) in [5, 5.41) is 0. The Balaban J connectivity index is 4.19. The van der Waals surface area contributed by atoms with Crippen LogP contribution in [0.3, 0.4) is 0 Å². The van der Waals surface area contributed by atoms with Crippen molar-refractivity contribution in [3.05, 3.63) is 0 Å². The Morgan fingerprint density at radius 1 is 0.270 bits per heavy atom. The van der Waals surface area contributed by atoms with E-state index in [4.69, 9.17) is 14.2 Å². The zero-order chi connectivity index (χ0) is 46.3. The molecule has 6 nitrogen and oxygen atoms in total. The zero-order valence-corrected chi connectivity index (χ0v) is 43.4. The van der Waals surface area contributed by atoms with Gasteiger partial charge in [0, 0.05) is 19.3 Å². The Labute approximate surface area is 393 Å². The van der Waals surface area contributed by atoms with Crippen LogP contribution in [-0.2, 0) is 28.6 Å². The maximum Gasteiger partial charge on any atom is 0.306 e. The molecular weight excluding hydrogens is 781 g/mol. The number of hydrogen-bond acceptors (Lipinski definition) is 6. The summed E-state index contributed by atoms with van der Waals surface area (Å²) in [4.78, 5) is 38.0. The normalized spacial score (nSPS) is 12.1. The molecular formula is C57H110O6. The molecule has 0 heterocycles. The fourth-order valence-electron chi connectivity index (χ4n) is 8.65. The molecule has 0 saturated carbocycles. The highest BCUT2D eigenvalue weighted by Crippen LogP contribution is 2.18. The Morgan fingerprint density at radius 3 is 0.683 bits per heavy atom. The highest BCUT2D eigenvalue weighted by molar-refractivity contribution is 5.71. The predicted molar refractivity (Wildman–Crippen MR) is 270 cm³/mol. The van der Waals surface area contributed by atoms with Crippen molar-refractivity contribution in [2.24, 2.45) is 17.8 Å². The van der Waals surface area contributed by atoms with Crippen molar-refractivity contribution < 1.29 is 28.6 Å². The molecule has 0 aliphatic carbocycles. The van der Waals surface area contributed by atoms with Gasteiger partial charge in [0.05, 0.1) is 0 Å². The minimum absolute atomic E-state index is 0.0646. The van der Waals surface area contributed by atoms with Gasteiger partial charge in [0.1, 0.15) is 13.2 Å². The molecule has 0 radical (unpaired) electrons. The number of unbranched alkanes of at least 4 members (excludes halogenated alkanes) is 33. The lowest BCUT2D eigenvalue weighted by molar-refractivity contribution is -0.167. The first-order chi connectivity index (χ1) is 30.6. The van der Waals surface area contributed by atoms with Gasteiger partial charge in [-0.2, -0.15) is 0 Å². The van der Waals surface area contributed by atoms with Crippen LogP contribution in [0.5, 0.6) is 0 Å². The molecule has 0 rings (SSSR count). The molecule has 63 heavy (non-hydrogen) atoms. The lowest BCUT2D eigenvalue weighted by Crippen LogP contribution is -2.30. The average Bonchev–Trinajstić information content (AvgIpc) is 3.24. The van der Waals surface area contributed by atoms with Crippen LogP contribution in [0.1, 0.15) is 311 Å². The second kappa shape index (κ2) is 48.3. The number of ether oxygens (including phenoxy) is 3. The molecule has 0 aromatic heterocycles. The van der Waals surface area contributed by atoms with Crippen LogP contribution in [0.25, 0.3) is 0 Å². The van der Waals surface area contributed by atoms with Gasteiger partial charge in [-0.05, 0) is 37.0 Å². The number of esters is 3. The Bertz CT molecular complexity index is 976. The SMILES string of the molecule is CC(C)CCCCCCCCCCCCCCCCCCCCC(=O)OC[C@H](COC(=O)CCCCCCCCCCCCCC(C)C)OC(=O)CCCCCCCCCC(C)C. The summed E-state index contributed by atoms with van der Waals surface area (Å²) in [5.74, 6) is 1.61. The van der Waals surface area contributed by atoms with E-state index in [9.17, 15) is 14.4 Å². The standard InChI is InChI=1S/C57H110O6/c1-51(2)43-37-31-25-20-16-13-11-9-7-8-10-12-14-18-22-28-34-40-46-55(58)61-49-54(63-57(60)48-42-36-30-24-27-33-39-45-53(5)6)50-62-56(59)47-41-35-29-23-19-15-17-21-26-32-38-44-52(3)4/h51-54H,7-50H2,1-6H3/t54-/m1/s1. The topological polar surface area (TPSA) is 78.9 Å². The minimum atomic E-state index is -0.763. The fraction of sp³-hybridized carbons (Fsp3) is 0.947. The zero-order valence-electron chi connectivity index (χ0n) is 43.4. The van der Waals surface area contributed by atoms with E-state index in [0.29, 0.717) is 19.3 Å². The van der Waals surface area contributed by atoms with Gasteiger partial charge < -0.3 is 14.2 Å². The van der Waals surface area contributed by atoms with Gasteiger partial charge in [-0.25, -0.2) is 0 Å². The highest BCUT2D eigenvalue weighted by atomic mass is 16.6. The molecule has 0 unspecified atom stereocenters. The van der Waals surface area contributed by atoms with Gasteiger partial charge in [0.2, 0.25) is 0 Å². The summed E-state index contributed by atoms with van der Waals surface area (Å²) >= 11 is 0. The van der Waals surface area contributed by atoms with Gasteiger partial charge in [-0.15, -0.1) is 0 Å². The van der Waals surface area contributed by atoms with Crippen LogP contribution >= 0.6 is 0 Å². The lowest BCUT2D eigenvalue weighted by Gasteiger charge is -2.18. The lowest BCUT2D eigenvalue weighted by atomic mass is 10.0. The molecule has 0 aliphatic rings. The predicted octanol–water partition coefficient (Wildman–Crippen LogP) is 18.3. The van der Waals surface area contributed by atoms with E-state index < -0.39 is 6.10 Å². The number of rotatable bonds is 50. The second-order valence-electron chi connectivity index (χ2n) is 21.0. The molecule has 0 aromatic rings. The summed E-state index contributed by atoms with van der Waals surface area (Å²) in [6.07, 6.45) is 49.7. The van der Waals surface area contributed by atoms with E-state index in [1.165, 1.54) is 193 Å². The number of carbonyl (C=O) groups excluding carboxylic acids is 3. The summed E-state index contributed by atoms with van der Waals surface area (Å²) in [6.45, 7) is 13.7. The number of carbonyl (C=O) groups is 3. The van der Waals surface area contributed by atoms with E-state index in [-0.39, 0.29) is 31.1 Å². The van der Waals surface area contributed by atoms with Crippen molar-refractivity contribution in [3.63, 3.8) is 0 Å². The van der Waals surface area contributed by atoms with Crippen molar-refractivity contribution >= 4 is 17.9 Å². The molecule has 6 heteroatoms. The third-order valence-electron chi connectivity index (χ3n) is 12.9. The smallest absolute Gasteiger partial charge is 0.306 e. The van der Waals surface area contributed by atoms with Gasteiger partial charge >= 0.3 is 17.9 Å². The summed E-state index contributed by atoms with van der Waals surface area (Å²) in [5.41, 5.74) is 0. The maximum absolute atomic E-state index is 12.8. The van der Waals surface area contributed by atoms with Crippen LogP contribution in [0, 0.1) is 17.8 Å². The highest BCUT2D eigenvalue weighted by Gasteiger charge is 2.19. The largest absolute Gasteiger partial charge is 0.462 e. The second-order valence-corrected chi connectivity index (χ2v) is 21.0. The summed E-state index contributed by atoms with van der Waals surface area (Å²) in [7, 11) is 0. The molecule has 0 aliphatic heterocycles. The van der Waals surface area contributed by atoms with Crippen molar-refractivity contribution in [2.75, 3.05) is 13.2 Å². The maximum atomic E-state index is 12.8. The van der Waals surface area contributed by atoms with Crippen LogP contribution in [0.15, 0.2) is 0 Å². The minimum Gasteiger partial charge on any atom is -0.462 e. The van der Waals surface area contributed by atoms with Crippen LogP contribution < -0.4 is 0 Å². The molecule has 0 spiro atoms. The first kappa shape index (κ1) is 61.4. The summed E-state index contributed by atoms with van der Waals surface area (Å²) in [6, 6.07) is 0. The van der Waals surface area contributed by atoms with E-state index in [2.05, 4.69) is 41.5 Å². The molecule has 0 saturated heterocycles. The van der Waals surface area contributed by atoms with E-state index in [1.807, 2.05) is 0 Å². The van der Waals surface area contributed by atoms with E-state index >= 15 is 0 Å². The van der Waals surface area contributed by atoms with Gasteiger partial charge in [-0.3, -0.25) is 14.4 Å². The van der Waals surface area contributed by atoms with Gasteiger partial charge in [-0.1, -0.05) is 273 Å². The van der Waals surface area contributed by atoms with Crippen LogP contribution in [-0.4, -0.2) is 37.2 Å². The fourth-order valence-corrected chi connectivity index (χ4v) is 8.65. The Morgan fingerprint density at radius 2 is 0.460 bits per heavy atom. The number of hydrogen-bond donors (Lipinski definition) is 0. The van der Waals surface area contributed by atoms with E-state index in [1.54, 1.807) is 0 Å². The molecule has 0 bridgehead atoms. The van der Waals surface area contributed by atoms with Gasteiger partial charge in [0.15, 0.2) is 6.10 Å². The third-order valence-corrected chi connectivity index (χ3v) is 12.9. The molecule has 0 amide bonds. The Kier molecular flexibility index (Phi) is 47.1.